The van der Waals surface area contributed by atoms with Crippen LogP contribution in [-0.2, 0) is 5.41 Å². The molecule has 1 aromatic heterocycles. The molecule has 0 saturated carbocycles. The summed E-state index contributed by atoms with van der Waals surface area (Å²) in [6.45, 7) is 6.97. The van der Waals surface area contributed by atoms with Crippen molar-refractivity contribution in [3.63, 3.8) is 0 Å². The van der Waals surface area contributed by atoms with Gasteiger partial charge >= 0.3 is 0 Å². The van der Waals surface area contributed by atoms with Crippen molar-refractivity contribution in [1.82, 2.24) is 4.57 Å². The van der Waals surface area contributed by atoms with Gasteiger partial charge in [-0.05, 0) is 130 Å². The van der Waals surface area contributed by atoms with Crippen LogP contribution in [0.2, 0.25) is 0 Å². The highest BCUT2D eigenvalue weighted by Crippen LogP contribution is 2.49. The summed E-state index contributed by atoms with van der Waals surface area (Å²) in [6, 6.07) is 63.6. The Morgan fingerprint density at radius 3 is 1.79 bits per heavy atom. The molecule has 0 bridgehead atoms. The molecule has 0 atom stereocenters. The molecule has 0 fully saturated rings. The molecule has 0 spiro atoms. The molecule has 0 radical (unpaired) electrons. The van der Waals surface area contributed by atoms with E-state index in [1.54, 1.807) is 0 Å². The molecule has 11 aromatic rings. The Kier molecular flexibility index (Phi) is 6.29. The summed E-state index contributed by atoms with van der Waals surface area (Å²) in [5, 5.41) is 15.5. The summed E-state index contributed by atoms with van der Waals surface area (Å²) in [4.78, 5) is 0. The van der Waals surface area contributed by atoms with E-state index in [4.69, 9.17) is 0 Å². The number of benzene rings is 10. The van der Waals surface area contributed by atoms with E-state index in [1.165, 1.54) is 109 Å². The zero-order valence-corrected chi connectivity index (χ0v) is 30.1. The van der Waals surface area contributed by atoms with Crippen LogP contribution in [0.15, 0.2) is 170 Å². The number of aromatic nitrogens is 1. The molecule has 1 nitrogen and oxygen atoms in total. The molecule has 10 aromatic carbocycles. The van der Waals surface area contributed by atoms with Crippen LogP contribution < -0.4 is 0 Å². The summed E-state index contributed by atoms with van der Waals surface area (Å²) >= 11 is 0. The van der Waals surface area contributed by atoms with Crippen LogP contribution in [0.25, 0.3) is 104 Å². The first-order valence-electron chi connectivity index (χ1n) is 18.7. The average Bonchev–Trinajstić information content (AvgIpc) is 3.52. The molecule has 0 amide bonds. The summed E-state index contributed by atoms with van der Waals surface area (Å²) in [6.07, 6.45) is 0. The number of para-hydroxylation sites is 2. The Bertz CT molecular complexity index is 3250. The van der Waals surface area contributed by atoms with E-state index in [1.807, 2.05) is 0 Å². The third-order valence-corrected chi connectivity index (χ3v) is 11.6. The lowest BCUT2D eigenvalue weighted by molar-refractivity contribution is 0.591. The maximum Gasteiger partial charge on any atom is 0.0541 e. The predicted octanol–water partition coefficient (Wildman–Crippen LogP) is 14.6. The number of hydrogen-bond donors (Lipinski definition) is 0. The zero-order valence-electron chi connectivity index (χ0n) is 30.1. The van der Waals surface area contributed by atoms with Crippen LogP contribution in [-0.4, -0.2) is 4.57 Å². The smallest absolute Gasteiger partial charge is 0.0541 e. The van der Waals surface area contributed by atoms with Gasteiger partial charge in [0, 0.05) is 16.5 Å². The van der Waals surface area contributed by atoms with Crippen molar-refractivity contribution < 1.29 is 0 Å². The lowest BCUT2D eigenvalue weighted by Crippen LogP contribution is -2.10. The lowest BCUT2D eigenvalue weighted by atomic mass is 9.80. The molecular formula is C52H37N. The number of nitrogens with zero attached hydrogens (tertiary/aromatic N) is 1. The molecule has 0 aliphatic heterocycles. The first-order valence-corrected chi connectivity index (χ1v) is 18.7. The second-order valence-electron chi connectivity index (χ2n) is 15.7. The molecule has 0 aliphatic carbocycles. The van der Waals surface area contributed by atoms with Gasteiger partial charge in [0.2, 0.25) is 0 Å². The van der Waals surface area contributed by atoms with Crippen molar-refractivity contribution in [2.45, 2.75) is 26.2 Å². The molecule has 53 heavy (non-hydrogen) atoms. The summed E-state index contributed by atoms with van der Waals surface area (Å²) in [7, 11) is 0. The summed E-state index contributed by atoms with van der Waals surface area (Å²) in [5.74, 6) is 0. The van der Waals surface area contributed by atoms with Crippen molar-refractivity contribution in [2.24, 2.45) is 0 Å². The largest absolute Gasteiger partial charge is 0.309 e. The number of fused-ring (bicyclic) bond motifs is 5. The lowest BCUT2D eigenvalue weighted by Gasteiger charge is -2.24. The van der Waals surface area contributed by atoms with Gasteiger partial charge in [0.15, 0.2) is 0 Å². The summed E-state index contributed by atoms with van der Waals surface area (Å²) < 4.78 is 2.40. The average molecular weight is 676 g/mol. The van der Waals surface area contributed by atoms with E-state index in [0.717, 1.165) is 0 Å². The van der Waals surface area contributed by atoms with Crippen LogP contribution in [0.5, 0.6) is 0 Å². The predicted molar refractivity (Wildman–Crippen MR) is 229 cm³/mol. The minimum absolute atomic E-state index is 0.00534. The van der Waals surface area contributed by atoms with Crippen LogP contribution >= 0.6 is 0 Å². The topological polar surface area (TPSA) is 4.93 Å². The van der Waals surface area contributed by atoms with E-state index in [9.17, 15) is 0 Å². The van der Waals surface area contributed by atoms with Gasteiger partial charge in [-0.1, -0.05) is 148 Å². The minimum atomic E-state index is -0.00534. The fraction of sp³-hybridized carbons (Fsp3) is 0.0769. The maximum absolute atomic E-state index is 2.48. The fourth-order valence-electron chi connectivity index (χ4n) is 9.20. The Morgan fingerprint density at radius 2 is 1.00 bits per heavy atom. The molecule has 1 heteroatoms. The van der Waals surface area contributed by atoms with Crippen molar-refractivity contribution >= 4 is 75.7 Å². The van der Waals surface area contributed by atoms with Gasteiger partial charge in [0.25, 0.3) is 0 Å². The number of rotatable bonds is 3. The summed E-state index contributed by atoms with van der Waals surface area (Å²) in [5.41, 5.74) is 10.1. The van der Waals surface area contributed by atoms with Crippen molar-refractivity contribution in [2.75, 3.05) is 0 Å². The van der Waals surface area contributed by atoms with E-state index in [0.29, 0.717) is 0 Å². The first kappa shape index (κ1) is 30.2. The minimum Gasteiger partial charge on any atom is -0.309 e. The van der Waals surface area contributed by atoms with Gasteiger partial charge in [-0.3, -0.25) is 0 Å². The number of hydrogen-bond acceptors (Lipinski definition) is 0. The van der Waals surface area contributed by atoms with Crippen molar-refractivity contribution in [3.05, 3.63) is 175 Å². The SMILES string of the molecule is CC(C)(C)c1ccc2c(-c3cc4cccc5ccc6cccc3c6c54)c3ccccc3c(-c3ccc4c(c3)c3ccccc3n4-c3ccccc3)c2c1. The third-order valence-electron chi connectivity index (χ3n) is 11.6. The highest BCUT2D eigenvalue weighted by atomic mass is 15.0. The van der Waals surface area contributed by atoms with Crippen molar-refractivity contribution in [1.29, 1.82) is 0 Å². The second kappa shape index (κ2) is 11.0. The molecule has 0 unspecified atom stereocenters. The van der Waals surface area contributed by atoms with E-state index in [-0.39, 0.29) is 5.41 Å². The first-order chi connectivity index (χ1) is 25.9. The highest BCUT2D eigenvalue weighted by molar-refractivity contribution is 6.30. The molecule has 0 saturated heterocycles. The second-order valence-corrected chi connectivity index (χ2v) is 15.7. The van der Waals surface area contributed by atoms with Crippen LogP contribution in [0.1, 0.15) is 26.3 Å². The molecule has 250 valence electrons. The molecule has 0 aliphatic rings. The van der Waals surface area contributed by atoms with Gasteiger partial charge in [-0.25, -0.2) is 0 Å². The molecule has 1 heterocycles. The fourth-order valence-corrected chi connectivity index (χ4v) is 9.20. The molecule has 11 rings (SSSR count). The van der Waals surface area contributed by atoms with Crippen LogP contribution in [0.3, 0.4) is 0 Å². The van der Waals surface area contributed by atoms with Gasteiger partial charge in [-0.15, -0.1) is 0 Å². The van der Waals surface area contributed by atoms with E-state index < -0.39 is 0 Å². The normalized spacial score (nSPS) is 12.4. The van der Waals surface area contributed by atoms with Crippen molar-refractivity contribution in [3.8, 4) is 27.9 Å². The quantitative estimate of drug-likeness (QED) is 0.130. The third kappa shape index (κ3) is 4.38. The molecule has 0 N–H and O–H groups in total. The molecular weight excluding hydrogens is 639 g/mol. The van der Waals surface area contributed by atoms with Gasteiger partial charge in [-0.2, -0.15) is 0 Å². The Morgan fingerprint density at radius 1 is 0.377 bits per heavy atom. The van der Waals surface area contributed by atoms with E-state index >= 15 is 0 Å². The van der Waals surface area contributed by atoms with Crippen LogP contribution in [0.4, 0.5) is 0 Å². The Labute approximate surface area is 308 Å². The van der Waals surface area contributed by atoms with E-state index in [2.05, 4.69) is 195 Å². The highest BCUT2D eigenvalue weighted by Gasteiger charge is 2.23. The maximum atomic E-state index is 2.48. The Balaban J connectivity index is 1.28. The standard InChI is InChI=1S/C52H37N/c1-52(2,3)36-26-27-42-45(31-36)49(35-25-28-47-43(29-35)38-18-9-10-22-46(38)53(47)37-16-5-4-6-17-37)39-19-7-8-20-40(39)51(42)44-30-34-15-11-13-32-23-24-33-14-12-21-41(44)50(33)48(32)34/h4-31H,1-3H3. The van der Waals surface area contributed by atoms with Gasteiger partial charge in [0.05, 0.1) is 11.0 Å². The zero-order chi connectivity index (χ0) is 35.4. The van der Waals surface area contributed by atoms with Gasteiger partial charge in [0.1, 0.15) is 0 Å². The van der Waals surface area contributed by atoms with Gasteiger partial charge < -0.3 is 4.57 Å². The monoisotopic (exact) mass is 675 g/mol. The Hall–Kier alpha value is -6.44. The van der Waals surface area contributed by atoms with Crippen LogP contribution in [0, 0.1) is 0 Å².